The number of rotatable bonds is 7. The Morgan fingerprint density at radius 1 is 1.36 bits per heavy atom. The summed E-state index contributed by atoms with van der Waals surface area (Å²) < 4.78 is 0. The van der Waals surface area contributed by atoms with Crippen LogP contribution in [0.1, 0.15) is 40.0 Å². The quantitative estimate of drug-likeness (QED) is 0.612. The van der Waals surface area contributed by atoms with Gasteiger partial charge in [-0.2, -0.15) is 0 Å². The van der Waals surface area contributed by atoms with Crippen molar-refractivity contribution in [2.24, 2.45) is 17.6 Å². The van der Waals surface area contributed by atoms with Gasteiger partial charge < -0.3 is 11.1 Å². The Balaban J connectivity index is 3.36. The van der Waals surface area contributed by atoms with Crippen LogP contribution in [-0.4, -0.2) is 19.0 Å². The molecule has 3 N–H and O–H groups in total. The van der Waals surface area contributed by atoms with Crippen LogP contribution in [0.15, 0.2) is 0 Å². The van der Waals surface area contributed by atoms with Crippen molar-refractivity contribution in [3.8, 4) is 0 Å². The number of carbonyl (C=O) groups is 1. The molecule has 0 aliphatic carbocycles. The number of carbonyl (C=O) groups excluding carboxylic acids is 1. The van der Waals surface area contributed by atoms with Gasteiger partial charge in [0.15, 0.2) is 0 Å². The lowest BCUT2D eigenvalue weighted by molar-refractivity contribution is -0.121. The number of hydrogen-bond acceptors (Lipinski definition) is 2. The molecule has 14 heavy (non-hydrogen) atoms. The summed E-state index contributed by atoms with van der Waals surface area (Å²) in [6, 6.07) is 0. The molecule has 0 aliphatic heterocycles. The van der Waals surface area contributed by atoms with E-state index < -0.39 is 0 Å². The molecule has 0 rings (SSSR count). The summed E-state index contributed by atoms with van der Waals surface area (Å²) in [5.41, 5.74) is 5.43. The molecule has 0 spiro atoms. The molecule has 1 atom stereocenters. The average molecular weight is 200 g/mol. The largest absolute Gasteiger partial charge is 0.356 e. The molecule has 1 amide bonds. The standard InChI is InChI=1S/C11H24N2O/c1-9(2)5-4-6-13-11(14)7-10(3)8-12/h9-10H,4-8,12H2,1-3H3,(H,13,14). The zero-order valence-corrected chi connectivity index (χ0v) is 9.68. The lowest BCUT2D eigenvalue weighted by Gasteiger charge is -2.09. The van der Waals surface area contributed by atoms with Gasteiger partial charge in [0.2, 0.25) is 5.91 Å². The van der Waals surface area contributed by atoms with Gasteiger partial charge in [-0.05, 0) is 31.2 Å². The first-order chi connectivity index (χ1) is 6.56. The summed E-state index contributed by atoms with van der Waals surface area (Å²) in [7, 11) is 0. The number of hydrogen-bond donors (Lipinski definition) is 2. The Bertz CT molecular complexity index is 157. The Kier molecular flexibility index (Phi) is 7.48. The van der Waals surface area contributed by atoms with Crippen molar-refractivity contribution in [2.75, 3.05) is 13.1 Å². The van der Waals surface area contributed by atoms with E-state index in [4.69, 9.17) is 5.73 Å². The first-order valence-corrected chi connectivity index (χ1v) is 5.53. The number of amides is 1. The molecule has 0 fully saturated rings. The Labute approximate surface area is 87.4 Å². The number of nitrogens with one attached hydrogen (secondary N) is 1. The molecular formula is C11H24N2O. The van der Waals surface area contributed by atoms with Crippen LogP contribution in [-0.2, 0) is 4.79 Å². The van der Waals surface area contributed by atoms with Crippen molar-refractivity contribution in [2.45, 2.75) is 40.0 Å². The minimum absolute atomic E-state index is 0.131. The first-order valence-electron chi connectivity index (χ1n) is 5.53. The first kappa shape index (κ1) is 13.4. The summed E-state index contributed by atoms with van der Waals surface area (Å²) in [6.07, 6.45) is 2.80. The molecule has 0 radical (unpaired) electrons. The van der Waals surface area contributed by atoms with Gasteiger partial charge in [-0.25, -0.2) is 0 Å². The van der Waals surface area contributed by atoms with Crippen molar-refractivity contribution < 1.29 is 4.79 Å². The molecule has 0 bridgehead atoms. The van der Waals surface area contributed by atoms with Crippen LogP contribution in [0.5, 0.6) is 0 Å². The van der Waals surface area contributed by atoms with Gasteiger partial charge in [0.25, 0.3) is 0 Å². The second-order valence-electron chi connectivity index (χ2n) is 4.43. The van der Waals surface area contributed by atoms with Crippen LogP contribution >= 0.6 is 0 Å². The summed E-state index contributed by atoms with van der Waals surface area (Å²) in [5.74, 6) is 1.14. The SMILES string of the molecule is CC(C)CCCNC(=O)CC(C)CN. The predicted octanol–water partition coefficient (Wildman–Crippen LogP) is 1.52. The van der Waals surface area contributed by atoms with Gasteiger partial charge in [-0.1, -0.05) is 20.8 Å². The van der Waals surface area contributed by atoms with E-state index in [1.165, 1.54) is 6.42 Å². The highest BCUT2D eigenvalue weighted by Crippen LogP contribution is 2.02. The summed E-state index contributed by atoms with van der Waals surface area (Å²) in [4.78, 5) is 11.3. The molecule has 84 valence electrons. The normalized spacial score (nSPS) is 12.9. The highest BCUT2D eigenvalue weighted by molar-refractivity contribution is 5.76. The van der Waals surface area contributed by atoms with E-state index in [2.05, 4.69) is 19.2 Å². The Hall–Kier alpha value is -0.570. The zero-order chi connectivity index (χ0) is 11.0. The van der Waals surface area contributed by atoms with E-state index in [1.807, 2.05) is 6.92 Å². The van der Waals surface area contributed by atoms with Gasteiger partial charge in [0, 0.05) is 13.0 Å². The predicted molar refractivity (Wildman–Crippen MR) is 59.9 cm³/mol. The maximum atomic E-state index is 11.3. The summed E-state index contributed by atoms with van der Waals surface area (Å²) in [6.45, 7) is 7.76. The molecule has 0 aromatic rings. The third kappa shape index (κ3) is 8.05. The monoisotopic (exact) mass is 200 g/mol. The highest BCUT2D eigenvalue weighted by atomic mass is 16.1. The van der Waals surface area contributed by atoms with Gasteiger partial charge in [0.05, 0.1) is 0 Å². The average Bonchev–Trinajstić information content (AvgIpc) is 2.12. The highest BCUT2D eigenvalue weighted by Gasteiger charge is 2.06. The summed E-state index contributed by atoms with van der Waals surface area (Å²) >= 11 is 0. The van der Waals surface area contributed by atoms with E-state index >= 15 is 0 Å². The van der Waals surface area contributed by atoms with Crippen LogP contribution in [0, 0.1) is 11.8 Å². The number of nitrogens with two attached hydrogens (primary N) is 1. The van der Waals surface area contributed by atoms with Crippen LogP contribution in [0.2, 0.25) is 0 Å². The molecular weight excluding hydrogens is 176 g/mol. The van der Waals surface area contributed by atoms with E-state index in [0.717, 1.165) is 18.9 Å². The topological polar surface area (TPSA) is 55.1 Å². The molecule has 0 aliphatic rings. The lowest BCUT2D eigenvalue weighted by Crippen LogP contribution is -2.28. The van der Waals surface area contributed by atoms with Crippen molar-refractivity contribution in [1.29, 1.82) is 0 Å². The maximum absolute atomic E-state index is 11.3. The molecule has 0 aromatic carbocycles. The molecule has 3 heteroatoms. The molecule has 0 saturated carbocycles. The molecule has 1 unspecified atom stereocenters. The lowest BCUT2D eigenvalue weighted by atomic mass is 10.1. The van der Waals surface area contributed by atoms with Crippen LogP contribution in [0.3, 0.4) is 0 Å². The minimum atomic E-state index is 0.131. The van der Waals surface area contributed by atoms with Crippen LogP contribution in [0.25, 0.3) is 0 Å². The van der Waals surface area contributed by atoms with E-state index in [1.54, 1.807) is 0 Å². The smallest absolute Gasteiger partial charge is 0.220 e. The van der Waals surface area contributed by atoms with Gasteiger partial charge in [0.1, 0.15) is 0 Å². The fourth-order valence-electron chi connectivity index (χ4n) is 1.21. The van der Waals surface area contributed by atoms with Crippen molar-refractivity contribution in [1.82, 2.24) is 5.32 Å². The van der Waals surface area contributed by atoms with Crippen molar-refractivity contribution in [3.63, 3.8) is 0 Å². The van der Waals surface area contributed by atoms with Gasteiger partial charge in [-0.3, -0.25) is 4.79 Å². The van der Waals surface area contributed by atoms with Gasteiger partial charge in [-0.15, -0.1) is 0 Å². The minimum Gasteiger partial charge on any atom is -0.356 e. The fraction of sp³-hybridized carbons (Fsp3) is 0.909. The van der Waals surface area contributed by atoms with E-state index in [9.17, 15) is 4.79 Å². The zero-order valence-electron chi connectivity index (χ0n) is 9.68. The van der Waals surface area contributed by atoms with Crippen molar-refractivity contribution >= 4 is 5.91 Å². The summed E-state index contributed by atoms with van der Waals surface area (Å²) in [5, 5.41) is 2.91. The third-order valence-electron chi connectivity index (χ3n) is 2.22. The Morgan fingerprint density at radius 2 is 2.00 bits per heavy atom. The molecule has 0 heterocycles. The molecule has 3 nitrogen and oxygen atoms in total. The van der Waals surface area contributed by atoms with Crippen LogP contribution < -0.4 is 11.1 Å². The molecule has 0 saturated heterocycles. The maximum Gasteiger partial charge on any atom is 0.220 e. The third-order valence-corrected chi connectivity index (χ3v) is 2.22. The van der Waals surface area contributed by atoms with Crippen molar-refractivity contribution in [3.05, 3.63) is 0 Å². The second kappa shape index (κ2) is 7.80. The molecule has 0 aromatic heterocycles. The van der Waals surface area contributed by atoms with E-state index in [-0.39, 0.29) is 5.91 Å². The fourth-order valence-corrected chi connectivity index (χ4v) is 1.21. The second-order valence-corrected chi connectivity index (χ2v) is 4.43. The van der Waals surface area contributed by atoms with Gasteiger partial charge >= 0.3 is 0 Å². The Morgan fingerprint density at radius 3 is 2.50 bits per heavy atom. The van der Waals surface area contributed by atoms with E-state index in [0.29, 0.717) is 18.9 Å². The van der Waals surface area contributed by atoms with Crippen LogP contribution in [0.4, 0.5) is 0 Å².